The molecule has 84 heavy (non-hydrogen) atoms. The lowest BCUT2D eigenvalue weighted by Crippen LogP contribution is -2.47. The van der Waals surface area contributed by atoms with Gasteiger partial charge in [-0.3, -0.25) is 14.2 Å². The fourth-order valence-corrected chi connectivity index (χ4v) is 10.6. The Hall–Kier alpha value is -3.07. The number of hydrogen-bond acceptors (Lipinski definition) is 7. The van der Waals surface area contributed by atoms with Gasteiger partial charge in [0, 0.05) is 12.8 Å². The van der Waals surface area contributed by atoms with E-state index in [0.717, 1.165) is 116 Å². The maximum Gasteiger partial charge on any atom is 0.306 e. The molecule has 0 fully saturated rings. The molecule has 486 valence electrons. The zero-order chi connectivity index (χ0) is 61.4. The van der Waals surface area contributed by atoms with E-state index in [1.54, 1.807) is 0 Å². The SMILES string of the molecule is CC/C=C\C/C=C\C/C=C\C/C=C\C/C=C\C/C=C\CCCCCCCCCCC(=O)OC(/C=C\CCCCCCCCCCCC)C(COP(=O)([O-])OCC[N+](C)(C)C)NC(=O)CCCCCCCCCCC/C=C/CCCCCCCC. The van der Waals surface area contributed by atoms with Gasteiger partial charge < -0.3 is 28.5 Å². The monoisotopic (exact) mass is 1190 g/mol. The topological polar surface area (TPSA) is 114 Å². The predicted octanol–water partition coefficient (Wildman–Crippen LogP) is 21.7. The zero-order valence-corrected chi connectivity index (χ0v) is 56.5. The number of amides is 1. The summed E-state index contributed by atoms with van der Waals surface area (Å²) in [6, 6.07) is -0.898. The molecular weight excluding hydrogens is 1060 g/mol. The second kappa shape index (κ2) is 63.0. The Balaban J connectivity index is 5.10. The van der Waals surface area contributed by atoms with E-state index < -0.39 is 26.6 Å². The van der Waals surface area contributed by atoms with Crippen LogP contribution in [-0.2, 0) is 27.9 Å². The maximum atomic E-state index is 13.6. The van der Waals surface area contributed by atoms with E-state index in [9.17, 15) is 19.0 Å². The van der Waals surface area contributed by atoms with E-state index in [-0.39, 0.29) is 24.9 Å². The highest BCUT2D eigenvalue weighted by Gasteiger charge is 2.27. The van der Waals surface area contributed by atoms with Crippen molar-refractivity contribution in [3.63, 3.8) is 0 Å². The number of carbonyl (C=O) groups is 2. The Bertz CT molecular complexity index is 1760. The fourth-order valence-electron chi connectivity index (χ4n) is 9.87. The van der Waals surface area contributed by atoms with Crippen molar-refractivity contribution in [2.24, 2.45) is 0 Å². The number of phosphoric ester groups is 1. The normalized spacial score (nSPS) is 14.1. The molecule has 0 aromatic heterocycles. The Labute approximate surface area is 519 Å². The van der Waals surface area contributed by atoms with Gasteiger partial charge in [0.1, 0.15) is 19.3 Å². The van der Waals surface area contributed by atoms with Crippen LogP contribution in [0.15, 0.2) is 97.2 Å². The van der Waals surface area contributed by atoms with Crippen LogP contribution in [0, 0.1) is 0 Å². The van der Waals surface area contributed by atoms with Gasteiger partial charge in [0.2, 0.25) is 5.91 Å². The van der Waals surface area contributed by atoms with E-state index >= 15 is 0 Å². The second-order valence-electron chi connectivity index (χ2n) is 24.6. The summed E-state index contributed by atoms with van der Waals surface area (Å²) in [6.07, 6.45) is 85.2. The highest BCUT2D eigenvalue weighted by Crippen LogP contribution is 2.38. The fraction of sp³-hybridized carbons (Fsp3) is 0.757. The minimum absolute atomic E-state index is 0.0272. The summed E-state index contributed by atoms with van der Waals surface area (Å²) in [6.45, 7) is 6.74. The van der Waals surface area contributed by atoms with Gasteiger partial charge in [0.05, 0.1) is 33.8 Å². The van der Waals surface area contributed by atoms with Crippen molar-refractivity contribution < 1.29 is 37.3 Å². The zero-order valence-electron chi connectivity index (χ0n) is 55.6. The minimum Gasteiger partial charge on any atom is -0.756 e. The highest BCUT2D eigenvalue weighted by atomic mass is 31.2. The third-order valence-electron chi connectivity index (χ3n) is 15.2. The van der Waals surface area contributed by atoms with Crippen molar-refractivity contribution in [3.05, 3.63) is 97.2 Å². The lowest BCUT2D eigenvalue weighted by atomic mass is 10.0. The lowest BCUT2D eigenvalue weighted by molar-refractivity contribution is -0.870. The van der Waals surface area contributed by atoms with Crippen molar-refractivity contribution in [2.75, 3.05) is 40.9 Å². The molecule has 0 radical (unpaired) electrons. The Morgan fingerprint density at radius 3 is 1.15 bits per heavy atom. The molecule has 0 aliphatic heterocycles. The number of unbranched alkanes of at least 4 members (excludes halogenated alkanes) is 33. The summed E-state index contributed by atoms with van der Waals surface area (Å²) in [5, 5.41) is 3.04. The van der Waals surface area contributed by atoms with Crippen LogP contribution in [0.1, 0.15) is 310 Å². The molecule has 0 saturated heterocycles. The van der Waals surface area contributed by atoms with Gasteiger partial charge >= 0.3 is 5.97 Å². The number of carbonyl (C=O) groups excluding carboxylic acids is 2. The minimum atomic E-state index is -4.71. The molecule has 0 aliphatic carbocycles. The second-order valence-corrected chi connectivity index (χ2v) is 26.1. The number of phosphoric acid groups is 1. The average Bonchev–Trinajstić information content (AvgIpc) is 3.65. The van der Waals surface area contributed by atoms with Crippen LogP contribution in [0.4, 0.5) is 0 Å². The third-order valence-corrected chi connectivity index (χ3v) is 16.2. The number of allylic oxidation sites excluding steroid dienone is 15. The number of ether oxygens (including phenoxy) is 1. The molecule has 3 unspecified atom stereocenters. The van der Waals surface area contributed by atoms with Gasteiger partial charge in [-0.2, -0.15) is 0 Å². The largest absolute Gasteiger partial charge is 0.756 e. The maximum absolute atomic E-state index is 13.6. The van der Waals surface area contributed by atoms with Gasteiger partial charge in [-0.25, -0.2) is 0 Å². The van der Waals surface area contributed by atoms with Crippen LogP contribution >= 0.6 is 7.82 Å². The summed E-state index contributed by atoms with van der Waals surface area (Å²) < 4.78 is 30.4. The molecule has 0 spiro atoms. The molecule has 0 saturated carbocycles. The van der Waals surface area contributed by atoms with Gasteiger partial charge in [0.15, 0.2) is 0 Å². The number of esters is 1. The van der Waals surface area contributed by atoms with Crippen molar-refractivity contribution in [1.29, 1.82) is 0 Å². The highest BCUT2D eigenvalue weighted by molar-refractivity contribution is 7.45. The van der Waals surface area contributed by atoms with E-state index in [0.29, 0.717) is 17.4 Å². The molecule has 0 aliphatic rings. The molecule has 1 amide bonds. The van der Waals surface area contributed by atoms with Gasteiger partial charge in [-0.05, 0) is 109 Å². The third kappa shape index (κ3) is 63.4. The first-order valence-electron chi connectivity index (χ1n) is 35.0. The number of rotatable bonds is 63. The van der Waals surface area contributed by atoms with Crippen LogP contribution in [0.5, 0.6) is 0 Å². The summed E-state index contributed by atoms with van der Waals surface area (Å²) in [4.78, 5) is 40.2. The molecular formula is C74H133N2O7P. The quantitative estimate of drug-likeness (QED) is 0.0212. The first kappa shape index (κ1) is 80.9. The summed E-state index contributed by atoms with van der Waals surface area (Å²) >= 11 is 0. The van der Waals surface area contributed by atoms with Crippen LogP contribution in [-0.4, -0.2) is 69.4 Å². The summed E-state index contributed by atoms with van der Waals surface area (Å²) in [7, 11) is 1.17. The van der Waals surface area contributed by atoms with Crippen molar-refractivity contribution in [2.45, 2.75) is 322 Å². The molecule has 0 rings (SSSR count). The summed E-state index contributed by atoms with van der Waals surface area (Å²) in [5.41, 5.74) is 0. The van der Waals surface area contributed by atoms with Crippen LogP contribution < -0.4 is 10.2 Å². The molecule has 0 aromatic carbocycles. The molecule has 1 N–H and O–H groups in total. The molecule has 3 atom stereocenters. The predicted molar refractivity (Wildman–Crippen MR) is 362 cm³/mol. The Morgan fingerprint density at radius 1 is 0.429 bits per heavy atom. The van der Waals surface area contributed by atoms with Crippen LogP contribution in [0.3, 0.4) is 0 Å². The van der Waals surface area contributed by atoms with E-state index in [1.807, 2.05) is 33.3 Å². The van der Waals surface area contributed by atoms with Crippen molar-refractivity contribution in [3.8, 4) is 0 Å². The van der Waals surface area contributed by atoms with Crippen molar-refractivity contribution in [1.82, 2.24) is 5.32 Å². The smallest absolute Gasteiger partial charge is 0.306 e. The van der Waals surface area contributed by atoms with E-state index in [1.165, 1.54) is 161 Å². The number of likely N-dealkylation sites (N-methyl/N-ethyl adjacent to an activating group) is 1. The number of nitrogens with zero attached hydrogens (tertiary/aromatic N) is 1. The van der Waals surface area contributed by atoms with E-state index in [2.05, 4.69) is 111 Å². The average molecular weight is 1190 g/mol. The van der Waals surface area contributed by atoms with Crippen LogP contribution in [0.25, 0.3) is 0 Å². The molecule has 9 nitrogen and oxygen atoms in total. The first-order valence-corrected chi connectivity index (χ1v) is 36.5. The standard InChI is InChI=1S/C74H133N2O7P/c1-7-10-13-16-19-22-25-28-30-32-34-35-36-37-38-39-40-41-43-45-47-49-52-55-58-61-64-67-74(78)83-72(65-62-59-56-53-50-27-24-21-18-15-12-9-3)71(70-82-84(79,80)81-69-68-76(4,5)6)75-73(77)66-63-60-57-54-51-48-46-44-42-33-31-29-26-23-20-17-14-11-8-2/h10,13,19,22,28-31,34-35,37-38,40-41,62,65,71-72H,7-9,11-12,14-18,20-21,23-27,32-33,36,39,42-61,63-64,66-70H2,1-6H3,(H-,75,77,79,80)/b13-10-,22-19-,30-28-,31-29+,35-34-,38-37-,41-40-,65-62-. The van der Waals surface area contributed by atoms with Crippen LogP contribution in [0.2, 0.25) is 0 Å². The summed E-state index contributed by atoms with van der Waals surface area (Å²) in [5.74, 6) is -0.550. The molecule has 0 heterocycles. The molecule has 10 heteroatoms. The van der Waals surface area contributed by atoms with Gasteiger partial charge in [-0.15, -0.1) is 0 Å². The lowest BCUT2D eigenvalue weighted by Gasteiger charge is -2.30. The first-order chi connectivity index (χ1) is 40.9. The molecule has 0 aromatic rings. The van der Waals surface area contributed by atoms with Gasteiger partial charge in [0.25, 0.3) is 7.82 Å². The van der Waals surface area contributed by atoms with Gasteiger partial charge in [-0.1, -0.05) is 285 Å². The Morgan fingerprint density at radius 2 is 0.762 bits per heavy atom. The molecule has 0 bridgehead atoms. The number of nitrogens with one attached hydrogen (secondary N) is 1. The number of hydrogen-bond donors (Lipinski definition) is 1. The number of quaternary nitrogens is 1. The van der Waals surface area contributed by atoms with E-state index in [4.69, 9.17) is 13.8 Å². The Kier molecular flexibility index (Phi) is 60.7. The van der Waals surface area contributed by atoms with Crippen molar-refractivity contribution >= 4 is 19.7 Å².